The Morgan fingerprint density at radius 2 is 1.09 bits per heavy atom. The second-order valence-electron chi connectivity index (χ2n) is 7.31. The summed E-state index contributed by atoms with van der Waals surface area (Å²) in [6.45, 7) is 4.08. The third kappa shape index (κ3) is 5.72. The van der Waals surface area contributed by atoms with Crippen molar-refractivity contribution in [1.29, 1.82) is 0 Å². The Morgan fingerprint density at radius 1 is 0.676 bits per heavy atom. The monoisotopic (exact) mass is 546 g/mol. The van der Waals surface area contributed by atoms with E-state index in [9.17, 15) is 0 Å². The summed E-state index contributed by atoms with van der Waals surface area (Å²) >= 11 is 1.89. The summed E-state index contributed by atoms with van der Waals surface area (Å²) in [5.41, 5.74) is 5.54. The molecule has 0 unspecified atom stereocenters. The number of fused-ring (bicyclic) bond motifs is 2. The first-order valence-electron chi connectivity index (χ1n) is 10.3. The third-order valence-electron chi connectivity index (χ3n) is 5.12. The van der Waals surface area contributed by atoms with Gasteiger partial charge in [0.05, 0.1) is 33.8 Å². The molecule has 2 aromatic carbocycles. The number of para-hydroxylation sites is 2. The molecule has 0 aliphatic heterocycles. The molecule has 34 heavy (non-hydrogen) atoms. The second-order valence-corrected chi connectivity index (χ2v) is 10.2. The van der Waals surface area contributed by atoms with Crippen LogP contribution in [0.1, 0.15) is 23.6 Å². The van der Waals surface area contributed by atoms with Crippen LogP contribution in [0, 0.1) is 0 Å². The van der Waals surface area contributed by atoms with Crippen LogP contribution in [0.5, 0.6) is 0 Å². The van der Waals surface area contributed by atoms with Gasteiger partial charge in [-0.2, -0.15) is 0 Å². The van der Waals surface area contributed by atoms with E-state index in [2.05, 4.69) is 46.4 Å². The number of nitrogens with zero attached hydrogens (tertiary/aromatic N) is 4. The summed E-state index contributed by atoms with van der Waals surface area (Å²) in [6, 6.07) is 24.4. The first kappa shape index (κ1) is 24.5. The Bertz CT molecular complexity index is 1380. The van der Waals surface area contributed by atoms with Gasteiger partial charge in [0.2, 0.25) is 0 Å². The summed E-state index contributed by atoms with van der Waals surface area (Å²) in [7, 11) is 9.53. The fraction of sp³-hybridized carbons (Fsp3) is 0.0769. The number of halogens is 2. The molecule has 0 saturated heterocycles. The molecule has 5 rings (SSSR count). The average Bonchev–Trinajstić information content (AvgIpc) is 3.36. The minimum absolute atomic E-state index is 0.194. The molecular formula is C26H20Cl2FeN4S. The Balaban J connectivity index is 0.000000868. The zero-order chi connectivity index (χ0) is 23.9. The predicted octanol–water partition coefficient (Wildman–Crippen LogP) is 8.50. The normalized spacial score (nSPS) is 12.1. The first-order chi connectivity index (χ1) is 16.6. The molecule has 0 saturated carbocycles. The Morgan fingerprint density at radius 3 is 1.53 bits per heavy atom. The summed E-state index contributed by atoms with van der Waals surface area (Å²) in [6.07, 6.45) is 3.61. The maximum atomic E-state index is 4.87. The summed E-state index contributed by atoms with van der Waals surface area (Å²) in [4.78, 5) is 21.0. The van der Waals surface area contributed by atoms with Gasteiger partial charge in [-0.25, -0.2) is 9.98 Å². The van der Waals surface area contributed by atoms with Crippen LogP contribution in [0.15, 0.2) is 95.2 Å². The molecule has 3 heterocycles. The Labute approximate surface area is 217 Å². The molecule has 0 aliphatic carbocycles. The molecule has 0 amide bonds. The number of aliphatic imine (C=N–C) groups is 2. The van der Waals surface area contributed by atoms with Crippen molar-refractivity contribution in [3.63, 3.8) is 0 Å². The number of hydrogen-bond donors (Lipinski definition) is 0. The third-order valence-corrected chi connectivity index (χ3v) is 6.42. The van der Waals surface area contributed by atoms with E-state index in [-0.39, 0.29) is 13.1 Å². The van der Waals surface area contributed by atoms with Gasteiger partial charge >= 0.3 is 33.3 Å². The van der Waals surface area contributed by atoms with Crippen molar-refractivity contribution in [3.05, 3.63) is 94.9 Å². The first-order valence-corrected chi connectivity index (χ1v) is 14.2. The van der Waals surface area contributed by atoms with Crippen molar-refractivity contribution >= 4 is 76.1 Å². The molecule has 4 nitrogen and oxygen atoms in total. The minimum atomic E-state index is 0.194. The molecule has 0 fully saturated rings. The zero-order valence-electron chi connectivity index (χ0n) is 18.4. The van der Waals surface area contributed by atoms with E-state index in [0.29, 0.717) is 0 Å². The molecular weight excluding hydrogens is 527 g/mol. The van der Waals surface area contributed by atoms with Crippen LogP contribution in [0.25, 0.3) is 21.8 Å². The van der Waals surface area contributed by atoms with E-state index in [0.717, 1.165) is 54.4 Å². The standard InChI is InChI=1S/C26H20N4S.2ClH.Fe/c1-17(29-21-11-3-7-19-9-5-15-27-25(19)21)23-13-14-24(31-23)18(2)30-22-12-4-8-20-10-6-16-28-26(20)22;;;/h3-16H,1-2H3;2*1H;/q;;;+2/p-2. The van der Waals surface area contributed by atoms with Gasteiger partial charge in [0.25, 0.3) is 0 Å². The van der Waals surface area contributed by atoms with E-state index in [1.165, 1.54) is 0 Å². The van der Waals surface area contributed by atoms with Crippen molar-refractivity contribution in [1.82, 2.24) is 9.97 Å². The molecule has 0 N–H and O–H groups in total. The van der Waals surface area contributed by atoms with Crippen molar-refractivity contribution in [3.8, 4) is 0 Å². The van der Waals surface area contributed by atoms with Crippen LogP contribution in [-0.4, -0.2) is 21.4 Å². The van der Waals surface area contributed by atoms with Gasteiger partial charge in [-0.1, -0.05) is 36.4 Å². The van der Waals surface area contributed by atoms with Crippen molar-refractivity contribution in [2.24, 2.45) is 9.98 Å². The van der Waals surface area contributed by atoms with Crippen molar-refractivity contribution in [2.75, 3.05) is 0 Å². The fourth-order valence-electron chi connectivity index (χ4n) is 3.55. The van der Waals surface area contributed by atoms with Gasteiger partial charge in [0, 0.05) is 32.9 Å². The molecule has 3 aromatic heterocycles. The van der Waals surface area contributed by atoms with Gasteiger partial charge in [-0.3, -0.25) is 9.97 Å². The molecule has 0 atom stereocenters. The number of hydrogen-bond acceptors (Lipinski definition) is 5. The molecule has 0 aliphatic rings. The predicted molar refractivity (Wildman–Crippen MR) is 143 cm³/mol. The summed E-state index contributed by atoms with van der Waals surface area (Å²) in [5, 5.41) is 2.19. The average molecular weight is 547 g/mol. The van der Waals surface area contributed by atoms with E-state index in [1.54, 1.807) is 11.3 Å². The number of rotatable bonds is 4. The van der Waals surface area contributed by atoms with Gasteiger partial charge in [-0.05, 0) is 50.2 Å². The quantitative estimate of drug-likeness (QED) is 0.167. The fourth-order valence-corrected chi connectivity index (χ4v) is 4.45. The molecule has 0 spiro atoms. The molecule has 5 aromatic rings. The van der Waals surface area contributed by atoms with Gasteiger partial charge in [-0.15, -0.1) is 11.3 Å². The van der Waals surface area contributed by atoms with Crippen LogP contribution in [-0.2, 0) is 13.1 Å². The van der Waals surface area contributed by atoms with E-state index in [1.807, 2.05) is 62.6 Å². The number of benzene rings is 2. The van der Waals surface area contributed by atoms with Crippen molar-refractivity contribution in [2.45, 2.75) is 13.8 Å². The zero-order valence-corrected chi connectivity index (χ0v) is 21.8. The SMILES string of the molecule is CC(=Nc1cccc2cccnc12)c1ccc(C(C)=Nc2cccc3cccnc23)s1.[Cl][Fe][Cl]. The topological polar surface area (TPSA) is 50.5 Å². The van der Waals surface area contributed by atoms with Crippen LogP contribution in [0.4, 0.5) is 11.4 Å². The maximum absolute atomic E-state index is 4.87. The number of pyridine rings is 2. The number of aromatic nitrogens is 2. The molecule has 0 radical (unpaired) electrons. The molecule has 0 bridgehead atoms. The summed E-state index contributed by atoms with van der Waals surface area (Å²) < 4.78 is 0. The molecule has 172 valence electrons. The summed E-state index contributed by atoms with van der Waals surface area (Å²) in [5.74, 6) is 0. The molecule has 8 heteroatoms. The van der Waals surface area contributed by atoms with Crippen molar-refractivity contribution < 1.29 is 13.1 Å². The Kier molecular flexibility index (Phi) is 8.43. The van der Waals surface area contributed by atoms with Gasteiger partial charge in [0.15, 0.2) is 0 Å². The van der Waals surface area contributed by atoms with Crippen LogP contribution < -0.4 is 0 Å². The van der Waals surface area contributed by atoms with E-state index in [4.69, 9.17) is 30.2 Å². The van der Waals surface area contributed by atoms with Crippen LogP contribution in [0.3, 0.4) is 0 Å². The Hall–Kier alpha value is -2.60. The van der Waals surface area contributed by atoms with Gasteiger partial charge < -0.3 is 0 Å². The van der Waals surface area contributed by atoms with Crippen LogP contribution in [0.2, 0.25) is 0 Å². The van der Waals surface area contributed by atoms with Gasteiger partial charge in [0.1, 0.15) is 0 Å². The second kappa shape index (κ2) is 11.7. The van der Waals surface area contributed by atoms with E-state index < -0.39 is 0 Å². The van der Waals surface area contributed by atoms with Crippen LogP contribution >= 0.6 is 31.5 Å². The van der Waals surface area contributed by atoms with E-state index >= 15 is 0 Å². The number of thiophene rings is 1.